The lowest BCUT2D eigenvalue weighted by atomic mass is 10.2. The molecule has 19 heavy (non-hydrogen) atoms. The fraction of sp³-hybridized carbons (Fsp3) is 0.0714. The molecule has 0 saturated carbocycles. The Labute approximate surface area is 119 Å². The number of hydrogen-bond acceptors (Lipinski definition) is 3. The molecule has 0 radical (unpaired) electrons. The van der Waals surface area contributed by atoms with E-state index >= 15 is 0 Å². The standard InChI is InChI=1S/C14H11ClO3S/c15-12-8-10(16)3-6-13(12)19-11-4-1-9(2-5-11)7-14(17)18/h1-6,8,16H,7H2,(H,17,18). The first kappa shape index (κ1) is 13.8. The summed E-state index contributed by atoms with van der Waals surface area (Å²) in [5, 5.41) is 18.4. The van der Waals surface area contributed by atoms with Gasteiger partial charge < -0.3 is 10.2 Å². The molecular weight excluding hydrogens is 284 g/mol. The molecule has 0 heterocycles. The van der Waals surface area contributed by atoms with Crippen LogP contribution in [0.15, 0.2) is 52.3 Å². The molecule has 0 aliphatic carbocycles. The smallest absolute Gasteiger partial charge is 0.307 e. The number of phenolic OH excluding ortho intramolecular Hbond substituents is 1. The maximum Gasteiger partial charge on any atom is 0.307 e. The van der Waals surface area contributed by atoms with Gasteiger partial charge in [0.05, 0.1) is 11.4 Å². The number of carbonyl (C=O) groups is 1. The van der Waals surface area contributed by atoms with Gasteiger partial charge in [-0.25, -0.2) is 0 Å². The van der Waals surface area contributed by atoms with Crippen molar-refractivity contribution < 1.29 is 15.0 Å². The predicted octanol–water partition coefficient (Wildman–Crippen LogP) is 3.82. The second-order valence-electron chi connectivity index (χ2n) is 3.93. The van der Waals surface area contributed by atoms with Crippen molar-refractivity contribution in [1.82, 2.24) is 0 Å². The highest BCUT2D eigenvalue weighted by molar-refractivity contribution is 7.99. The first-order chi connectivity index (χ1) is 9.04. The average Bonchev–Trinajstić information content (AvgIpc) is 2.34. The van der Waals surface area contributed by atoms with Crippen LogP contribution in [0.4, 0.5) is 0 Å². The van der Waals surface area contributed by atoms with Crippen molar-refractivity contribution in [3.05, 3.63) is 53.1 Å². The van der Waals surface area contributed by atoms with Crippen LogP contribution in [0.1, 0.15) is 5.56 Å². The van der Waals surface area contributed by atoms with Gasteiger partial charge in [-0.3, -0.25) is 4.79 Å². The van der Waals surface area contributed by atoms with Crippen LogP contribution in [0.2, 0.25) is 5.02 Å². The van der Waals surface area contributed by atoms with Gasteiger partial charge in [-0.05, 0) is 35.9 Å². The topological polar surface area (TPSA) is 57.5 Å². The third-order valence-electron chi connectivity index (χ3n) is 2.42. The molecule has 0 unspecified atom stereocenters. The average molecular weight is 295 g/mol. The van der Waals surface area contributed by atoms with Crippen molar-refractivity contribution >= 4 is 29.3 Å². The molecule has 0 fully saturated rings. The minimum absolute atomic E-state index is 0.0188. The zero-order valence-corrected chi connectivity index (χ0v) is 11.4. The van der Waals surface area contributed by atoms with E-state index in [1.807, 2.05) is 12.1 Å². The van der Waals surface area contributed by atoms with Crippen LogP contribution in [0.5, 0.6) is 5.75 Å². The summed E-state index contributed by atoms with van der Waals surface area (Å²) in [5.74, 6) is -0.715. The van der Waals surface area contributed by atoms with Gasteiger partial charge in [-0.1, -0.05) is 35.5 Å². The number of carboxylic acid groups (broad SMARTS) is 1. The van der Waals surface area contributed by atoms with Crippen LogP contribution >= 0.6 is 23.4 Å². The van der Waals surface area contributed by atoms with Gasteiger partial charge in [-0.15, -0.1) is 0 Å². The maximum atomic E-state index is 10.6. The molecule has 0 aromatic heterocycles. The number of benzene rings is 2. The van der Waals surface area contributed by atoms with E-state index in [9.17, 15) is 9.90 Å². The van der Waals surface area contributed by atoms with Gasteiger partial charge in [0.1, 0.15) is 5.75 Å². The molecule has 0 spiro atoms. The molecule has 98 valence electrons. The molecular formula is C14H11ClO3S. The Balaban J connectivity index is 2.13. The van der Waals surface area contributed by atoms with Crippen LogP contribution in [0.3, 0.4) is 0 Å². The summed E-state index contributed by atoms with van der Waals surface area (Å²) >= 11 is 7.48. The lowest BCUT2D eigenvalue weighted by Gasteiger charge is -2.05. The second kappa shape index (κ2) is 5.99. The number of aliphatic carboxylic acids is 1. The summed E-state index contributed by atoms with van der Waals surface area (Å²) in [7, 11) is 0. The molecule has 2 aromatic carbocycles. The van der Waals surface area contributed by atoms with E-state index in [2.05, 4.69) is 0 Å². The zero-order chi connectivity index (χ0) is 13.8. The Bertz CT molecular complexity index is 596. The van der Waals surface area contributed by atoms with Gasteiger partial charge in [0.25, 0.3) is 0 Å². The van der Waals surface area contributed by atoms with E-state index < -0.39 is 5.97 Å². The number of hydrogen-bond donors (Lipinski definition) is 2. The van der Waals surface area contributed by atoms with Crippen molar-refractivity contribution in [3.8, 4) is 5.75 Å². The Morgan fingerprint density at radius 3 is 2.42 bits per heavy atom. The van der Waals surface area contributed by atoms with Crippen molar-refractivity contribution in [2.75, 3.05) is 0 Å². The van der Waals surface area contributed by atoms with E-state index in [-0.39, 0.29) is 12.2 Å². The highest BCUT2D eigenvalue weighted by Gasteiger charge is 2.05. The quantitative estimate of drug-likeness (QED) is 0.900. The number of rotatable bonds is 4. The van der Waals surface area contributed by atoms with Crippen molar-refractivity contribution in [2.45, 2.75) is 16.2 Å². The molecule has 2 rings (SSSR count). The fourth-order valence-electron chi connectivity index (χ4n) is 1.55. The molecule has 0 atom stereocenters. The SMILES string of the molecule is O=C(O)Cc1ccc(Sc2ccc(O)cc2Cl)cc1. The van der Waals surface area contributed by atoms with E-state index in [4.69, 9.17) is 16.7 Å². The van der Waals surface area contributed by atoms with Crippen LogP contribution in [0.25, 0.3) is 0 Å². The summed E-state index contributed by atoms with van der Waals surface area (Å²) in [5.41, 5.74) is 0.758. The van der Waals surface area contributed by atoms with E-state index in [1.54, 1.807) is 24.3 Å². The number of carboxylic acids is 1. The highest BCUT2D eigenvalue weighted by Crippen LogP contribution is 2.35. The summed E-state index contributed by atoms with van der Waals surface area (Å²) in [4.78, 5) is 12.4. The van der Waals surface area contributed by atoms with Gasteiger partial charge in [0.2, 0.25) is 0 Å². The maximum absolute atomic E-state index is 10.6. The van der Waals surface area contributed by atoms with Crippen LogP contribution in [-0.4, -0.2) is 16.2 Å². The van der Waals surface area contributed by atoms with Gasteiger partial charge in [0, 0.05) is 9.79 Å². The first-order valence-electron chi connectivity index (χ1n) is 5.52. The predicted molar refractivity (Wildman–Crippen MR) is 75.0 cm³/mol. The van der Waals surface area contributed by atoms with E-state index in [0.717, 1.165) is 15.4 Å². The van der Waals surface area contributed by atoms with Crippen molar-refractivity contribution in [3.63, 3.8) is 0 Å². The number of halogens is 1. The first-order valence-corrected chi connectivity index (χ1v) is 6.71. The van der Waals surface area contributed by atoms with E-state index in [0.29, 0.717) is 5.02 Å². The summed E-state index contributed by atoms with van der Waals surface area (Å²) < 4.78 is 0. The molecule has 2 N–H and O–H groups in total. The van der Waals surface area contributed by atoms with Crippen LogP contribution in [-0.2, 0) is 11.2 Å². The molecule has 0 bridgehead atoms. The van der Waals surface area contributed by atoms with Gasteiger partial charge >= 0.3 is 5.97 Å². The molecule has 2 aromatic rings. The molecule has 0 saturated heterocycles. The van der Waals surface area contributed by atoms with Crippen molar-refractivity contribution in [1.29, 1.82) is 0 Å². The molecule has 3 nitrogen and oxygen atoms in total. The molecule has 0 amide bonds. The van der Waals surface area contributed by atoms with Gasteiger partial charge in [0.15, 0.2) is 0 Å². The Hall–Kier alpha value is -1.65. The largest absolute Gasteiger partial charge is 0.508 e. The monoisotopic (exact) mass is 294 g/mol. The molecule has 5 heteroatoms. The summed E-state index contributed by atoms with van der Waals surface area (Å²) in [6.45, 7) is 0. The fourth-order valence-corrected chi connectivity index (χ4v) is 2.66. The highest BCUT2D eigenvalue weighted by atomic mass is 35.5. The van der Waals surface area contributed by atoms with Crippen LogP contribution in [0, 0.1) is 0 Å². The molecule has 0 aliphatic rings. The zero-order valence-electron chi connectivity index (χ0n) is 9.84. The number of aromatic hydroxyl groups is 1. The lowest BCUT2D eigenvalue weighted by molar-refractivity contribution is -0.136. The minimum atomic E-state index is -0.845. The third kappa shape index (κ3) is 3.91. The summed E-state index contributed by atoms with van der Waals surface area (Å²) in [6.07, 6.45) is 0.0188. The van der Waals surface area contributed by atoms with Crippen LogP contribution < -0.4 is 0 Å². The normalized spacial score (nSPS) is 10.4. The van der Waals surface area contributed by atoms with Crippen molar-refractivity contribution in [2.24, 2.45) is 0 Å². The van der Waals surface area contributed by atoms with Gasteiger partial charge in [-0.2, -0.15) is 0 Å². The minimum Gasteiger partial charge on any atom is -0.508 e. The Morgan fingerprint density at radius 1 is 1.16 bits per heavy atom. The lowest BCUT2D eigenvalue weighted by Crippen LogP contribution is -1.99. The Morgan fingerprint density at radius 2 is 1.84 bits per heavy atom. The Kier molecular flexibility index (Phi) is 4.35. The summed E-state index contributed by atoms with van der Waals surface area (Å²) in [6, 6.07) is 12.1. The number of phenols is 1. The molecule has 0 aliphatic heterocycles. The third-order valence-corrected chi connectivity index (χ3v) is 3.93. The van der Waals surface area contributed by atoms with E-state index in [1.165, 1.54) is 17.8 Å². The second-order valence-corrected chi connectivity index (χ2v) is 5.45.